The first kappa shape index (κ1) is 21.3. The predicted molar refractivity (Wildman–Crippen MR) is 125 cm³/mol. The van der Waals surface area contributed by atoms with Crippen LogP contribution in [0.4, 0.5) is 0 Å². The monoisotopic (exact) mass is 444 g/mol. The first-order chi connectivity index (χ1) is 15.6. The van der Waals surface area contributed by atoms with E-state index >= 15 is 0 Å². The second-order valence-corrected chi connectivity index (χ2v) is 7.47. The molecule has 0 aliphatic carbocycles. The van der Waals surface area contributed by atoms with Gasteiger partial charge in [0.1, 0.15) is 5.69 Å². The molecule has 2 aromatic heterocycles. The number of halogens is 1. The van der Waals surface area contributed by atoms with E-state index in [0.717, 1.165) is 11.3 Å². The molecule has 0 saturated heterocycles. The molecule has 32 heavy (non-hydrogen) atoms. The number of nitrogens with two attached hydrogens (primary N) is 1. The third kappa shape index (κ3) is 5.01. The first-order valence-corrected chi connectivity index (χ1v) is 10.4. The molecule has 0 spiro atoms. The number of carbonyl (C=O) groups excluding carboxylic acids is 1. The maximum Gasteiger partial charge on any atom is 0.169 e. The summed E-state index contributed by atoms with van der Waals surface area (Å²) >= 11 is 6.41. The van der Waals surface area contributed by atoms with Crippen molar-refractivity contribution in [3.05, 3.63) is 113 Å². The Bertz CT molecular complexity index is 1210. The number of Topliss-reactive ketones (excluding diaryl/α,β-unsaturated/α-hetero) is 1. The van der Waals surface area contributed by atoms with E-state index in [1.807, 2.05) is 47.2 Å². The van der Waals surface area contributed by atoms with Gasteiger partial charge in [-0.05, 0) is 48.0 Å². The highest BCUT2D eigenvalue weighted by Crippen LogP contribution is 2.26. The van der Waals surface area contributed by atoms with Crippen LogP contribution in [-0.2, 0) is 0 Å². The minimum atomic E-state index is -0.466. The Labute approximate surface area is 190 Å². The van der Waals surface area contributed by atoms with Gasteiger partial charge in [-0.3, -0.25) is 15.2 Å². The van der Waals surface area contributed by atoms with E-state index < -0.39 is 6.04 Å². The molecule has 1 atom stereocenters. The smallest absolute Gasteiger partial charge is 0.169 e. The molecule has 8 heteroatoms. The number of amidine groups is 1. The van der Waals surface area contributed by atoms with Crippen LogP contribution in [0, 0.1) is 0 Å². The lowest BCUT2D eigenvalue weighted by molar-refractivity contribution is 0.0968. The molecule has 0 bridgehead atoms. The molecule has 4 aromatic rings. The summed E-state index contributed by atoms with van der Waals surface area (Å²) in [6, 6.07) is 19.6. The van der Waals surface area contributed by atoms with E-state index in [2.05, 4.69) is 20.5 Å². The largest absolute Gasteiger partial charge is 0.380 e. The molecule has 2 heterocycles. The van der Waals surface area contributed by atoms with Crippen LogP contribution >= 0.6 is 11.6 Å². The molecule has 7 nitrogen and oxygen atoms in total. The number of nitrogens with zero attached hydrogens (tertiary/aromatic N) is 4. The van der Waals surface area contributed by atoms with Crippen molar-refractivity contribution < 1.29 is 4.79 Å². The summed E-state index contributed by atoms with van der Waals surface area (Å²) in [5, 5.41) is 4.81. The minimum Gasteiger partial charge on any atom is -0.380 e. The molecular weight excluding hydrogens is 424 g/mol. The van der Waals surface area contributed by atoms with Gasteiger partial charge in [-0.15, -0.1) is 0 Å². The van der Waals surface area contributed by atoms with Gasteiger partial charge in [0.2, 0.25) is 0 Å². The Morgan fingerprint density at radius 3 is 2.53 bits per heavy atom. The fourth-order valence-corrected chi connectivity index (χ4v) is 3.50. The highest BCUT2D eigenvalue weighted by molar-refractivity contribution is 6.31. The Kier molecular flexibility index (Phi) is 6.57. The van der Waals surface area contributed by atoms with Gasteiger partial charge in [0.25, 0.3) is 0 Å². The fraction of sp³-hybridized carbons (Fsp3) is 0.0833. The summed E-state index contributed by atoms with van der Waals surface area (Å²) in [6.07, 6.45) is 7.04. The molecule has 2 aromatic carbocycles. The van der Waals surface area contributed by atoms with Crippen molar-refractivity contribution in [3.8, 4) is 5.69 Å². The Morgan fingerprint density at radius 2 is 1.84 bits per heavy atom. The molecule has 0 radical (unpaired) electrons. The van der Waals surface area contributed by atoms with E-state index in [4.69, 9.17) is 17.3 Å². The van der Waals surface area contributed by atoms with Crippen molar-refractivity contribution in [3.63, 3.8) is 0 Å². The van der Waals surface area contributed by atoms with Gasteiger partial charge in [0.15, 0.2) is 11.6 Å². The number of aromatic nitrogens is 3. The Balaban J connectivity index is 1.55. The average Bonchev–Trinajstić information content (AvgIpc) is 3.38. The molecule has 0 aliphatic rings. The zero-order valence-corrected chi connectivity index (χ0v) is 17.9. The van der Waals surface area contributed by atoms with Crippen LogP contribution in [0.5, 0.6) is 0 Å². The van der Waals surface area contributed by atoms with Gasteiger partial charge in [0.05, 0.1) is 12.4 Å². The number of ketones is 1. The van der Waals surface area contributed by atoms with Crippen molar-refractivity contribution in [1.29, 1.82) is 0 Å². The molecule has 0 fully saturated rings. The molecule has 4 rings (SSSR count). The normalized spacial score (nSPS) is 12.3. The minimum absolute atomic E-state index is 0.0498. The highest BCUT2D eigenvalue weighted by Gasteiger charge is 2.19. The number of benzene rings is 2. The van der Waals surface area contributed by atoms with Crippen molar-refractivity contribution in [1.82, 2.24) is 20.0 Å². The zero-order chi connectivity index (χ0) is 22.3. The lowest BCUT2D eigenvalue weighted by atomic mass is 9.98. The molecule has 0 aliphatic heterocycles. The van der Waals surface area contributed by atoms with Crippen molar-refractivity contribution in [2.24, 2.45) is 10.8 Å². The summed E-state index contributed by atoms with van der Waals surface area (Å²) in [4.78, 5) is 21.3. The van der Waals surface area contributed by atoms with Crippen LogP contribution in [0.1, 0.15) is 34.1 Å². The second-order valence-electron chi connectivity index (χ2n) is 7.06. The molecule has 0 amide bonds. The lowest BCUT2D eigenvalue weighted by Gasteiger charge is -2.18. The van der Waals surface area contributed by atoms with Crippen LogP contribution in [0.2, 0.25) is 5.02 Å². The SMILES string of the molecule is N/C(=N/NC(CC(=O)c1ccc(-n2ccnc2)cc1)c1ccccc1Cl)c1ccccn1. The van der Waals surface area contributed by atoms with Crippen LogP contribution < -0.4 is 11.2 Å². The van der Waals surface area contributed by atoms with E-state index in [1.165, 1.54) is 0 Å². The van der Waals surface area contributed by atoms with Gasteiger partial charge < -0.3 is 10.3 Å². The van der Waals surface area contributed by atoms with Crippen LogP contribution in [0.3, 0.4) is 0 Å². The second kappa shape index (κ2) is 9.89. The number of rotatable bonds is 8. The number of hydrogen-bond acceptors (Lipinski definition) is 5. The first-order valence-electron chi connectivity index (χ1n) is 9.98. The maximum atomic E-state index is 13.1. The molecule has 0 saturated carbocycles. The topological polar surface area (TPSA) is 98.2 Å². The van der Waals surface area contributed by atoms with Crippen LogP contribution in [0.15, 0.2) is 96.7 Å². The number of hydrogen-bond donors (Lipinski definition) is 2. The van der Waals surface area contributed by atoms with Gasteiger partial charge in [-0.25, -0.2) is 4.98 Å². The van der Waals surface area contributed by atoms with Gasteiger partial charge in [-0.2, -0.15) is 5.10 Å². The van der Waals surface area contributed by atoms with Crippen LogP contribution in [-0.4, -0.2) is 26.2 Å². The summed E-state index contributed by atoms with van der Waals surface area (Å²) in [7, 11) is 0. The zero-order valence-electron chi connectivity index (χ0n) is 17.1. The number of carbonyl (C=O) groups is 1. The summed E-state index contributed by atoms with van der Waals surface area (Å²) in [5.41, 5.74) is 11.9. The lowest BCUT2D eigenvalue weighted by Crippen LogP contribution is -2.25. The molecular formula is C24H21ClN6O. The molecule has 160 valence electrons. The standard InChI is InChI=1S/C24H21ClN6O/c25-20-6-2-1-5-19(20)22(29-30-24(26)21-7-3-4-12-28-21)15-23(32)17-8-10-18(11-9-17)31-14-13-27-16-31/h1-14,16,22,29H,15H2,(H2,26,30). The van der Waals surface area contributed by atoms with Gasteiger partial charge in [0, 0.05) is 41.3 Å². The predicted octanol–water partition coefficient (Wildman–Crippen LogP) is 4.14. The van der Waals surface area contributed by atoms with Crippen molar-refractivity contribution in [2.75, 3.05) is 0 Å². The number of nitrogens with one attached hydrogen (secondary N) is 1. The molecule has 3 N–H and O–H groups in total. The van der Waals surface area contributed by atoms with Crippen molar-refractivity contribution in [2.45, 2.75) is 12.5 Å². The number of imidazole rings is 1. The quantitative estimate of drug-likeness (QED) is 0.184. The summed E-state index contributed by atoms with van der Waals surface area (Å²) in [5.74, 6) is 0.172. The third-order valence-electron chi connectivity index (χ3n) is 4.93. The van der Waals surface area contributed by atoms with E-state index in [0.29, 0.717) is 16.3 Å². The Morgan fingerprint density at radius 1 is 1.06 bits per heavy atom. The molecule has 1 unspecified atom stereocenters. The Hall–Kier alpha value is -3.97. The van der Waals surface area contributed by atoms with Gasteiger partial charge >= 0.3 is 0 Å². The van der Waals surface area contributed by atoms with Gasteiger partial charge in [-0.1, -0.05) is 35.9 Å². The van der Waals surface area contributed by atoms with Crippen molar-refractivity contribution >= 4 is 23.2 Å². The summed E-state index contributed by atoms with van der Waals surface area (Å²) < 4.78 is 1.87. The van der Waals surface area contributed by atoms with E-state index in [-0.39, 0.29) is 18.0 Å². The van der Waals surface area contributed by atoms with E-state index in [9.17, 15) is 4.79 Å². The average molecular weight is 445 g/mol. The fourth-order valence-electron chi connectivity index (χ4n) is 3.24. The number of pyridine rings is 1. The highest BCUT2D eigenvalue weighted by atomic mass is 35.5. The van der Waals surface area contributed by atoms with Crippen LogP contribution in [0.25, 0.3) is 5.69 Å². The maximum absolute atomic E-state index is 13.1. The third-order valence-corrected chi connectivity index (χ3v) is 5.27. The number of hydrazone groups is 1. The summed E-state index contributed by atoms with van der Waals surface area (Å²) in [6.45, 7) is 0. The van der Waals surface area contributed by atoms with E-state index in [1.54, 1.807) is 49.1 Å².